The van der Waals surface area contributed by atoms with E-state index in [2.05, 4.69) is 12.2 Å². The van der Waals surface area contributed by atoms with Gasteiger partial charge in [-0.05, 0) is 62.7 Å². The van der Waals surface area contributed by atoms with E-state index < -0.39 is 6.04 Å². The molecule has 0 aromatic rings. The van der Waals surface area contributed by atoms with E-state index in [1.165, 1.54) is 52.1 Å². The monoisotopic (exact) mass is 363 g/mol. The summed E-state index contributed by atoms with van der Waals surface area (Å²) >= 11 is 0. The van der Waals surface area contributed by atoms with Crippen molar-refractivity contribution in [2.45, 2.75) is 96.4 Å². The van der Waals surface area contributed by atoms with Crippen molar-refractivity contribution >= 4 is 11.9 Å². The average Bonchev–Trinajstić information content (AvgIpc) is 2.61. The summed E-state index contributed by atoms with van der Waals surface area (Å²) in [5, 5.41) is 3.11. The molecule has 0 radical (unpaired) electrons. The average molecular weight is 364 g/mol. The van der Waals surface area contributed by atoms with Gasteiger partial charge in [0.15, 0.2) is 0 Å². The van der Waals surface area contributed by atoms with Gasteiger partial charge >= 0.3 is 5.97 Å². The van der Waals surface area contributed by atoms with Gasteiger partial charge in [0.25, 0.3) is 0 Å². The Morgan fingerprint density at radius 1 is 0.962 bits per heavy atom. The fourth-order valence-corrected chi connectivity index (χ4v) is 6.22. The summed E-state index contributed by atoms with van der Waals surface area (Å²) in [4.78, 5) is 25.4. The Bertz CT molecular complexity index is 466. The predicted octanol–water partition coefficient (Wildman–Crippen LogP) is 4.61. The standard InChI is InChI=1S/C22H37NO3/c1-3-4-5-6-7-8-9-19(20(24)26-2)23-21(25)22-13-16-10-17(14-22)12-18(11-16)15-22/h16-19H,3-15H2,1-2H3,(H,23,25)/t16?,17?,18?,19-,22?/m0/s1. The SMILES string of the molecule is CCCCCCCC[C@H](NC(=O)C12CC3CC(CC(C3)C1)C2)C(=O)OC. The molecule has 0 spiro atoms. The first kappa shape index (κ1) is 19.7. The molecule has 4 bridgehead atoms. The number of hydrogen-bond donors (Lipinski definition) is 1. The molecule has 4 aliphatic carbocycles. The molecule has 4 rings (SSSR count). The van der Waals surface area contributed by atoms with Crippen molar-refractivity contribution in [1.82, 2.24) is 5.32 Å². The summed E-state index contributed by atoms with van der Waals surface area (Å²) in [5.74, 6) is 2.07. The molecule has 0 heterocycles. The Labute approximate surface area is 158 Å². The zero-order valence-corrected chi connectivity index (χ0v) is 16.7. The maximum absolute atomic E-state index is 13.2. The summed E-state index contributed by atoms with van der Waals surface area (Å²) in [7, 11) is 1.42. The van der Waals surface area contributed by atoms with E-state index in [-0.39, 0.29) is 17.3 Å². The van der Waals surface area contributed by atoms with Crippen LogP contribution < -0.4 is 5.32 Å². The molecule has 0 aliphatic heterocycles. The molecule has 4 heteroatoms. The van der Waals surface area contributed by atoms with Gasteiger partial charge in [0.1, 0.15) is 6.04 Å². The van der Waals surface area contributed by atoms with Gasteiger partial charge in [-0.25, -0.2) is 4.79 Å². The molecule has 4 aliphatic rings. The second kappa shape index (κ2) is 8.75. The minimum Gasteiger partial charge on any atom is -0.467 e. The lowest BCUT2D eigenvalue weighted by Gasteiger charge is -2.55. The molecule has 148 valence electrons. The fraction of sp³-hybridized carbons (Fsp3) is 0.909. The van der Waals surface area contributed by atoms with Crippen LogP contribution in [0.5, 0.6) is 0 Å². The van der Waals surface area contributed by atoms with Crippen molar-refractivity contribution in [2.75, 3.05) is 7.11 Å². The zero-order chi connectivity index (χ0) is 18.6. The third-order valence-electron chi connectivity index (χ3n) is 7.16. The van der Waals surface area contributed by atoms with E-state index in [9.17, 15) is 9.59 Å². The van der Waals surface area contributed by atoms with Crippen LogP contribution in [0.4, 0.5) is 0 Å². The number of hydrogen-bond acceptors (Lipinski definition) is 3. The van der Waals surface area contributed by atoms with Gasteiger partial charge in [-0.3, -0.25) is 4.79 Å². The van der Waals surface area contributed by atoms with Gasteiger partial charge in [0.05, 0.1) is 7.11 Å². The highest BCUT2D eigenvalue weighted by Gasteiger charge is 2.54. The van der Waals surface area contributed by atoms with Crippen molar-refractivity contribution in [1.29, 1.82) is 0 Å². The molecule has 1 atom stereocenters. The van der Waals surface area contributed by atoms with Gasteiger partial charge < -0.3 is 10.1 Å². The Kier molecular flexibility index (Phi) is 6.63. The molecule has 4 saturated carbocycles. The van der Waals surface area contributed by atoms with Crippen LogP contribution in [0.1, 0.15) is 90.4 Å². The van der Waals surface area contributed by atoms with E-state index >= 15 is 0 Å². The van der Waals surface area contributed by atoms with E-state index in [4.69, 9.17) is 4.74 Å². The summed E-state index contributed by atoms with van der Waals surface area (Å²) < 4.78 is 4.97. The first-order valence-electron chi connectivity index (χ1n) is 10.9. The summed E-state index contributed by atoms with van der Waals surface area (Å²) in [6.07, 6.45) is 14.9. The maximum Gasteiger partial charge on any atom is 0.328 e. The maximum atomic E-state index is 13.2. The highest BCUT2D eigenvalue weighted by molar-refractivity contribution is 5.88. The molecule has 0 aromatic heterocycles. The number of amides is 1. The third kappa shape index (κ3) is 4.43. The number of ether oxygens (including phenoxy) is 1. The van der Waals surface area contributed by atoms with Crippen molar-refractivity contribution in [2.24, 2.45) is 23.2 Å². The number of unbranched alkanes of at least 4 members (excludes halogenated alkanes) is 5. The molecular formula is C22H37NO3. The first-order chi connectivity index (χ1) is 12.6. The summed E-state index contributed by atoms with van der Waals surface area (Å²) in [5.41, 5.74) is -0.192. The van der Waals surface area contributed by atoms with Crippen LogP contribution in [0.3, 0.4) is 0 Å². The van der Waals surface area contributed by atoms with Crippen LogP contribution in [-0.2, 0) is 14.3 Å². The topological polar surface area (TPSA) is 55.4 Å². The molecule has 0 unspecified atom stereocenters. The Balaban J connectivity index is 1.53. The highest BCUT2D eigenvalue weighted by Crippen LogP contribution is 2.60. The Hall–Kier alpha value is -1.06. The largest absolute Gasteiger partial charge is 0.467 e. The van der Waals surface area contributed by atoms with Crippen LogP contribution in [0.25, 0.3) is 0 Å². The number of carbonyl (C=O) groups excluding carboxylic acids is 2. The fourth-order valence-electron chi connectivity index (χ4n) is 6.22. The molecular weight excluding hydrogens is 326 g/mol. The minimum atomic E-state index is -0.466. The molecule has 4 fully saturated rings. The molecule has 1 N–H and O–H groups in total. The van der Waals surface area contributed by atoms with Gasteiger partial charge in [-0.15, -0.1) is 0 Å². The van der Waals surface area contributed by atoms with Gasteiger partial charge in [0.2, 0.25) is 5.91 Å². The van der Waals surface area contributed by atoms with Crippen LogP contribution >= 0.6 is 0 Å². The van der Waals surface area contributed by atoms with E-state index in [0.717, 1.165) is 49.9 Å². The normalized spacial score (nSPS) is 33.1. The van der Waals surface area contributed by atoms with E-state index in [1.807, 2.05) is 0 Å². The van der Waals surface area contributed by atoms with E-state index in [1.54, 1.807) is 0 Å². The van der Waals surface area contributed by atoms with Gasteiger partial charge in [-0.1, -0.05) is 45.4 Å². The Morgan fingerprint density at radius 3 is 2.04 bits per heavy atom. The lowest BCUT2D eigenvalue weighted by molar-refractivity contribution is -0.153. The smallest absolute Gasteiger partial charge is 0.328 e. The second-order valence-corrected chi connectivity index (χ2v) is 9.30. The third-order valence-corrected chi connectivity index (χ3v) is 7.16. The molecule has 4 nitrogen and oxygen atoms in total. The number of esters is 1. The highest BCUT2D eigenvalue weighted by atomic mass is 16.5. The number of carbonyl (C=O) groups is 2. The minimum absolute atomic E-state index is 0.137. The lowest BCUT2D eigenvalue weighted by Crippen LogP contribution is -2.56. The van der Waals surface area contributed by atoms with Crippen LogP contribution in [0.15, 0.2) is 0 Å². The predicted molar refractivity (Wildman–Crippen MR) is 103 cm³/mol. The van der Waals surface area contributed by atoms with Gasteiger partial charge in [-0.2, -0.15) is 0 Å². The number of rotatable bonds is 10. The van der Waals surface area contributed by atoms with Gasteiger partial charge in [0, 0.05) is 5.41 Å². The van der Waals surface area contributed by atoms with Crippen LogP contribution in [0, 0.1) is 23.2 Å². The van der Waals surface area contributed by atoms with Crippen molar-refractivity contribution < 1.29 is 14.3 Å². The van der Waals surface area contributed by atoms with Crippen molar-refractivity contribution in [3.8, 4) is 0 Å². The summed E-state index contributed by atoms with van der Waals surface area (Å²) in [6, 6.07) is -0.466. The van der Waals surface area contributed by atoms with Crippen molar-refractivity contribution in [3.05, 3.63) is 0 Å². The van der Waals surface area contributed by atoms with Crippen molar-refractivity contribution in [3.63, 3.8) is 0 Å². The van der Waals surface area contributed by atoms with E-state index in [0.29, 0.717) is 6.42 Å². The molecule has 0 saturated heterocycles. The lowest BCUT2D eigenvalue weighted by atomic mass is 9.49. The molecule has 26 heavy (non-hydrogen) atoms. The zero-order valence-electron chi connectivity index (χ0n) is 16.7. The molecule has 0 aromatic carbocycles. The van der Waals surface area contributed by atoms with Crippen LogP contribution in [0.2, 0.25) is 0 Å². The number of nitrogens with one attached hydrogen (secondary N) is 1. The second-order valence-electron chi connectivity index (χ2n) is 9.30. The van der Waals surface area contributed by atoms with Crippen LogP contribution in [-0.4, -0.2) is 25.0 Å². The number of methoxy groups -OCH3 is 1. The summed E-state index contributed by atoms with van der Waals surface area (Å²) in [6.45, 7) is 2.22. The quantitative estimate of drug-likeness (QED) is 0.455. The first-order valence-corrected chi connectivity index (χ1v) is 10.9. The molecule has 1 amide bonds. The Morgan fingerprint density at radius 2 is 1.50 bits per heavy atom.